The molecule has 0 heterocycles. The van der Waals surface area contributed by atoms with E-state index in [1.807, 2.05) is 0 Å². The van der Waals surface area contributed by atoms with Gasteiger partial charge >= 0.3 is 0 Å². The van der Waals surface area contributed by atoms with Crippen molar-refractivity contribution in [2.24, 2.45) is 0 Å². The lowest BCUT2D eigenvalue weighted by Crippen LogP contribution is -1.80. The largest absolute Gasteiger partial charge is 0.0874 e. The number of halogens is 1. The first-order valence-corrected chi connectivity index (χ1v) is 5.71. The van der Waals surface area contributed by atoms with E-state index >= 15 is 0 Å². The molecule has 1 aromatic rings. The summed E-state index contributed by atoms with van der Waals surface area (Å²) < 4.78 is 1.12. The summed E-state index contributed by atoms with van der Waals surface area (Å²) in [4.78, 5) is 0. The van der Waals surface area contributed by atoms with E-state index in [1.54, 1.807) is 0 Å². The van der Waals surface area contributed by atoms with Gasteiger partial charge in [-0.15, -0.1) is 0 Å². The maximum Gasteiger partial charge on any atom is 0.0175 e. The van der Waals surface area contributed by atoms with E-state index in [0.29, 0.717) is 0 Å². The van der Waals surface area contributed by atoms with E-state index in [4.69, 9.17) is 0 Å². The van der Waals surface area contributed by atoms with Crippen LogP contribution < -0.4 is 0 Å². The van der Waals surface area contributed by atoms with Crippen LogP contribution in [0.15, 0.2) is 42.5 Å². The fourth-order valence-corrected chi connectivity index (χ4v) is 1.44. The quantitative estimate of drug-likeness (QED) is 0.446. The highest BCUT2D eigenvalue weighted by Crippen LogP contribution is 2.02. The van der Waals surface area contributed by atoms with Gasteiger partial charge in [-0.2, -0.15) is 0 Å². The molecule has 0 nitrogen and oxygen atoms in total. The Morgan fingerprint density at radius 1 is 1.08 bits per heavy atom. The lowest BCUT2D eigenvalue weighted by atomic mass is 10.1. The summed E-state index contributed by atoms with van der Waals surface area (Å²) in [5, 5.41) is 0. The van der Waals surface area contributed by atoms with Gasteiger partial charge in [0.05, 0.1) is 0 Å². The summed E-state index contributed by atoms with van der Waals surface area (Å²) in [6, 6.07) is 10.6. The topological polar surface area (TPSA) is 0 Å². The van der Waals surface area contributed by atoms with E-state index < -0.39 is 0 Å². The number of hydrogen-bond acceptors (Lipinski definition) is 0. The molecule has 0 amide bonds. The van der Waals surface area contributed by atoms with Gasteiger partial charge in [-0.1, -0.05) is 65.1 Å². The van der Waals surface area contributed by atoms with Crippen LogP contribution in [0.4, 0.5) is 0 Å². The summed E-state index contributed by atoms with van der Waals surface area (Å²) >= 11 is 2.36. The fourth-order valence-electron chi connectivity index (χ4n) is 1.08. The van der Waals surface area contributed by atoms with Crippen LogP contribution in [-0.4, -0.2) is 4.43 Å². The molecule has 12 heavy (non-hydrogen) atoms. The standard InChI is InChI=1S/C11H13I/c12-10-6-2-5-9-11-7-3-1-4-8-11/h1-4,6-8H,5,9-10H2/b6-2+. The van der Waals surface area contributed by atoms with Crippen molar-refractivity contribution in [3.63, 3.8) is 0 Å². The third-order valence-corrected chi connectivity index (χ3v) is 2.21. The normalized spacial score (nSPS) is 10.8. The van der Waals surface area contributed by atoms with Crippen LogP contribution in [0.2, 0.25) is 0 Å². The molecule has 64 valence electrons. The fraction of sp³-hybridized carbons (Fsp3) is 0.273. The molecule has 1 rings (SSSR count). The summed E-state index contributed by atoms with van der Waals surface area (Å²) in [6.45, 7) is 0. The number of allylic oxidation sites excluding steroid dienone is 2. The Hall–Kier alpha value is -0.310. The molecule has 1 heteroatoms. The predicted octanol–water partition coefficient (Wildman–Crippen LogP) is 3.61. The molecule has 0 aromatic heterocycles. The minimum atomic E-state index is 1.12. The lowest BCUT2D eigenvalue weighted by molar-refractivity contribution is 1.00. The van der Waals surface area contributed by atoms with E-state index in [-0.39, 0.29) is 0 Å². The average Bonchev–Trinajstić information content (AvgIpc) is 2.14. The van der Waals surface area contributed by atoms with Crippen LogP contribution in [0.25, 0.3) is 0 Å². The molecule has 0 radical (unpaired) electrons. The average molecular weight is 272 g/mol. The van der Waals surface area contributed by atoms with E-state index in [9.17, 15) is 0 Å². The molecule has 0 atom stereocenters. The van der Waals surface area contributed by atoms with Gasteiger partial charge in [-0.3, -0.25) is 0 Å². The van der Waals surface area contributed by atoms with Crippen LogP contribution in [-0.2, 0) is 6.42 Å². The van der Waals surface area contributed by atoms with Gasteiger partial charge in [-0.25, -0.2) is 0 Å². The zero-order valence-electron chi connectivity index (χ0n) is 7.04. The van der Waals surface area contributed by atoms with Gasteiger partial charge in [-0.05, 0) is 18.4 Å². The van der Waals surface area contributed by atoms with Gasteiger partial charge in [0, 0.05) is 4.43 Å². The minimum Gasteiger partial charge on any atom is -0.0874 e. The molecule has 0 aliphatic heterocycles. The molecular weight excluding hydrogens is 259 g/mol. The molecule has 0 bridgehead atoms. The summed E-state index contributed by atoms with van der Waals surface area (Å²) in [7, 11) is 0. The molecule has 0 spiro atoms. The smallest absolute Gasteiger partial charge is 0.0175 e. The lowest BCUT2D eigenvalue weighted by Gasteiger charge is -1.95. The zero-order valence-corrected chi connectivity index (χ0v) is 9.20. The Kier molecular flexibility index (Phi) is 5.08. The maximum atomic E-state index is 2.36. The van der Waals surface area contributed by atoms with Crippen LogP contribution in [0.1, 0.15) is 12.0 Å². The van der Waals surface area contributed by atoms with E-state index in [0.717, 1.165) is 17.3 Å². The number of alkyl halides is 1. The second kappa shape index (κ2) is 6.23. The molecule has 0 N–H and O–H groups in total. The molecule has 0 unspecified atom stereocenters. The van der Waals surface area contributed by atoms with Gasteiger partial charge in [0.2, 0.25) is 0 Å². The Bertz CT molecular complexity index is 226. The van der Waals surface area contributed by atoms with Crippen LogP contribution in [0, 0.1) is 0 Å². The second-order valence-electron chi connectivity index (χ2n) is 2.65. The van der Waals surface area contributed by atoms with E-state index in [2.05, 4.69) is 65.1 Å². The Morgan fingerprint density at radius 2 is 1.83 bits per heavy atom. The van der Waals surface area contributed by atoms with Crippen molar-refractivity contribution in [1.82, 2.24) is 0 Å². The Morgan fingerprint density at radius 3 is 2.50 bits per heavy atom. The maximum absolute atomic E-state index is 2.36. The summed E-state index contributed by atoms with van der Waals surface area (Å²) in [6.07, 6.45) is 6.78. The van der Waals surface area contributed by atoms with Crippen LogP contribution in [0.5, 0.6) is 0 Å². The molecule has 0 aliphatic carbocycles. The molecule has 0 aliphatic rings. The van der Waals surface area contributed by atoms with Crippen molar-refractivity contribution in [1.29, 1.82) is 0 Å². The van der Waals surface area contributed by atoms with Gasteiger partial charge in [0.15, 0.2) is 0 Å². The third kappa shape index (κ3) is 3.90. The number of aryl methyl sites for hydroxylation is 1. The predicted molar refractivity (Wildman–Crippen MR) is 62.8 cm³/mol. The zero-order chi connectivity index (χ0) is 8.65. The van der Waals surface area contributed by atoms with Crippen molar-refractivity contribution < 1.29 is 0 Å². The highest BCUT2D eigenvalue weighted by molar-refractivity contribution is 14.1. The summed E-state index contributed by atoms with van der Waals surface area (Å²) in [5.74, 6) is 0. The number of rotatable bonds is 4. The van der Waals surface area contributed by atoms with Crippen molar-refractivity contribution in [2.75, 3.05) is 4.43 Å². The van der Waals surface area contributed by atoms with Gasteiger partial charge in [0.1, 0.15) is 0 Å². The van der Waals surface area contributed by atoms with Crippen LogP contribution in [0.3, 0.4) is 0 Å². The first kappa shape index (κ1) is 9.78. The van der Waals surface area contributed by atoms with Crippen LogP contribution >= 0.6 is 22.6 Å². The third-order valence-electron chi connectivity index (χ3n) is 1.70. The first-order valence-electron chi connectivity index (χ1n) is 4.18. The molecule has 0 fully saturated rings. The Labute approximate surface area is 87.8 Å². The van der Waals surface area contributed by atoms with Crippen molar-refractivity contribution in [2.45, 2.75) is 12.8 Å². The molecule has 1 aromatic carbocycles. The summed E-state index contributed by atoms with van der Waals surface area (Å²) in [5.41, 5.74) is 1.43. The SMILES string of the molecule is IC/C=C/CCc1ccccc1. The van der Waals surface area contributed by atoms with Crippen molar-refractivity contribution in [3.05, 3.63) is 48.0 Å². The highest BCUT2D eigenvalue weighted by atomic mass is 127. The highest BCUT2D eigenvalue weighted by Gasteiger charge is 1.86. The van der Waals surface area contributed by atoms with E-state index in [1.165, 1.54) is 5.56 Å². The molecule has 0 saturated carbocycles. The Balaban J connectivity index is 2.29. The molecular formula is C11H13I. The number of benzene rings is 1. The van der Waals surface area contributed by atoms with Gasteiger partial charge in [0.25, 0.3) is 0 Å². The second-order valence-corrected chi connectivity index (χ2v) is 3.53. The first-order chi connectivity index (χ1) is 5.93. The monoisotopic (exact) mass is 272 g/mol. The van der Waals surface area contributed by atoms with Crippen molar-refractivity contribution >= 4 is 22.6 Å². The number of hydrogen-bond donors (Lipinski definition) is 0. The van der Waals surface area contributed by atoms with Gasteiger partial charge < -0.3 is 0 Å². The minimum absolute atomic E-state index is 1.12. The van der Waals surface area contributed by atoms with Crippen molar-refractivity contribution in [3.8, 4) is 0 Å². The molecule has 0 saturated heterocycles.